The van der Waals surface area contributed by atoms with E-state index in [-0.39, 0.29) is 24.7 Å². The number of nitrogens with one attached hydrogen (secondary N) is 1. The van der Waals surface area contributed by atoms with Gasteiger partial charge in [-0.3, -0.25) is 4.79 Å². The molecule has 0 saturated heterocycles. The Morgan fingerprint density at radius 1 is 0.778 bits per heavy atom. The van der Waals surface area contributed by atoms with E-state index >= 15 is 0 Å². The Morgan fingerprint density at radius 2 is 1.33 bits per heavy atom. The first-order chi connectivity index (χ1) is 12.6. The van der Waals surface area contributed by atoms with E-state index in [1.807, 2.05) is 0 Å². The Hall–Kier alpha value is -2.80. The van der Waals surface area contributed by atoms with Crippen molar-refractivity contribution >= 4 is 24.0 Å². The van der Waals surface area contributed by atoms with Gasteiger partial charge in [0.25, 0.3) is 0 Å². The largest absolute Gasteiger partial charge is 0.493 e. The van der Waals surface area contributed by atoms with Crippen LogP contribution in [-0.4, -0.2) is 41.5 Å². The van der Waals surface area contributed by atoms with Crippen molar-refractivity contribution in [3.8, 4) is 28.7 Å². The van der Waals surface area contributed by atoms with Gasteiger partial charge in [0.05, 0.1) is 42.0 Å². The topological polar surface area (TPSA) is 75.3 Å². The van der Waals surface area contributed by atoms with E-state index in [4.69, 9.17) is 23.7 Å². The van der Waals surface area contributed by atoms with Crippen LogP contribution in [0.15, 0.2) is 30.3 Å². The smallest absolute Gasteiger partial charge is 0.228 e. The summed E-state index contributed by atoms with van der Waals surface area (Å²) in [6.07, 6.45) is 0.144. The third kappa shape index (κ3) is 5.34. The monoisotopic (exact) mass is 397 g/mol. The average Bonchev–Trinajstić information content (AvgIpc) is 2.66. The lowest BCUT2D eigenvalue weighted by Crippen LogP contribution is -2.14. The predicted molar refractivity (Wildman–Crippen MR) is 105 cm³/mol. The molecule has 0 aliphatic heterocycles. The number of carbonyl (C=O) groups is 1. The van der Waals surface area contributed by atoms with Gasteiger partial charge in [-0.2, -0.15) is 0 Å². The first-order valence-electron chi connectivity index (χ1n) is 7.87. The lowest BCUT2D eigenvalue weighted by atomic mass is 10.1. The summed E-state index contributed by atoms with van der Waals surface area (Å²) >= 11 is 0. The van der Waals surface area contributed by atoms with E-state index < -0.39 is 0 Å². The summed E-state index contributed by atoms with van der Waals surface area (Å²) in [4.78, 5) is 12.4. The second-order valence-electron chi connectivity index (χ2n) is 5.33. The fourth-order valence-electron chi connectivity index (χ4n) is 2.54. The second-order valence-corrected chi connectivity index (χ2v) is 5.33. The molecule has 0 aromatic heterocycles. The van der Waals surface area contributed by atoms with Gasteiger partial charge in [0, 0.05) is 11.8 Å². The van der Waals surface area contributed by atoms with Gasteiger partial charge in [-0.15, -0.1) is 12.4 Å². The van der Waals surface area contributed by atoms with E-state index in [0.717, 1.165) is 5.56 Å². The van der Waals surface area contributed by atoms with Crippen molar-refractivity contribution in [2.75, 3.05) is 40.9 Å². The third-order valence-electron chi connectivity index (χ3n) is 3.76. The number of halogens is 1. The maximum absolute atomic E-state index is 12.4. The maximum atomic E-state index is 12.4. The van der Waals surface area contributed by atoms with E-state index in [1.54, 1.807) is 44.6 Å². The summed E-state index contributed by atoms with van der Waals surface area (Å²) in [5.41, 5.74) is 1.34. The molecule has 7 nitrogen and oxygen atoms in total. The van der Waals surface area contributed by atoms with Crippen LogP contribution in [0.1, 0.15) is 5.56 Å². The predicted octanol–water partition coefficient (Wildman–Crippen LogP) is 3.33. The van der Waals surface area contributed by atoms with Crippen molar-refractivity contribution in [1.29, 1.82) is 0 Å². The molecule has 8 heteroatoms. The molecular formula is C19H24ClNO6. The first kappa shape index (κ1) is 22.2. The zero-order valence-electron chi connectivity index (χ0n) is 16.0. The molecule has 2 aromatic rings. The Labute approximate surface area is 164 Å². The van der Waals surface area contributed by atoms with Crippen molar-refractivity contribution in [3.63, 3.8) is 0 Å². The molecule has 27 heavy (non-hydrogen) atoms. The number of rotatable bonds is 8. The van der Waals surface area contributed by atoms with Gasteiger partial charge in [0.2, 0.25) is 11.7 Å². The number of anilines is 1. The molecule has 0 saturated carbocycles. The molecule has 0 fully saturated rings. The number of ether oxygens (including phenoxy) is 5. The zero-order chi connectivity index (χ0) is 19.1. The minimum absolute atomic E-state index is 0. The van der Waals surface area contributed by atoms with Crippen LogP contribution >= 0.6 is 12.4 Å². The van der Waals surface area contributed by atoms with E-state index in [1.165, 1.54) is 21.3 Å². The normalized spacial score (nSPS) is 9.67. The summed E-state index contributed by atoms with van der Waals surface area (Å²) in [6.45, 7) is 0. The number of carbonyl (C=O) groups excluding carboxylic acids is 1. The van der Waals surface area contributed by atoms with Crippen LogP contribution in [0.5, 0.6) is 28.7 Å². The molecule has 0 unspecified atom stereocenters. The van der Waals surface area contributed by atoms with Gasteiger partial charge in [-0.05, 0) is 29.8 Å². The molecule has 0 radical (unpaired) electrons. The molecule has 0 aliphatic carbocycles. The molecule has 2 rings (SSSR count). The first-order valence-corrected chi connectivity index (χ1v) is 7.87. The molecule has 2 aromatic carbocycles. The fourth-order valence-corrected chi connectivity index (χ4v) is 2.54. The highest BCUT2D eigenvalue weighted by Gasteiger charge is 2.15. The summed E-state index contributed by atoms with van der Waals surface area (Å²) in [6, 6.07) is 8.67. The van der Waals surface area contributed by atoms with Gasteiger partial charge >= 0.3 is 0 Å². The number of methoxy groups -OCH3 is 5. The van der Waals surface area contributed by atoms with Crippen molar-refractivity contribution < 1.29 is 28.5 Å². The van der Waals surface area contributed by atoms with Crippen LogP contribution in [0.4, 0.5) is 5.69 Å². The quantitative estimate of drug-likeness (QED) is 0.736. The standard InChI is InChI=1S/C19H23NO6.ClH/c1-22-14-7-6-13(11-15(14)23-2)20-18(21)10-12-8-16(24-3)19(26-5)17(9-12)25-4;/h6-9,11H,10H2,1-5H3,(H,20,21);1H. The summed E-state index contributed by atoms with van der Waals surface area (Å²) in [5, 5.41) is 2.83. The van der Waals surface area contributed by atoms with Gasteiger partial charge in [0.15, 0.2) is 23.0 Å². The van der Waals surface area contributed by atoms with Crippen LogP contribution in [-0.2, 0) is 11.2 Å². The minimum Gasteiger partial charge on any atom is -0.493 e. The maximum Gasteiger partial charge on any atom is 0.228 e. The highest BCUT2D eigenvalue weighted by atomic mass is 35.5. The Kier molecular flexibility index (Phi) is 8.55. The van der Waals surface area contributed by atoms with Crippen LogP contribution < -0.4 is 29.0 Å². The summed E-state index contributed by atoms with van der Waals surface area (Å²) in [5.74, 6) is 2.43. The molecule has 0 atom stereocenters. The van der Waals surface area contributed by atoms with Crippen molar-refractivity contribution in [3.05, 3.63) is 35.9 Å². The van der Waals surface area contributed by atoms with Crippen molar-refractivity contribution in [2.24, 2.45) is 0 Å². The summed E-state index contributed by atoms with van der Waals surface area (Å²) in [7, 11) is 7.69. The SMILES string of the molecule is COc1ccc(NC(=O)Cc2cc(OC)c(OC)c(OC)c2)cc1OC.Cl. The number of benzene rings is 2. The molecule has 1 amide bonds. The van der Waals surface area contributed by atoms with Crippen LogP contribution in [0.25, 0.3) is 0 Å². The molecule has 0 heterocycles. The van der Waals surface area contributed by atoms with Crippen LogP contribution in [0.3, 0.4) is 0 Å². The van der Waals surface area contributed by atoms with Gasteiger partial charge in [0.1, 0.15) is 0 Å². The number of hydrogen-bond acceptors (Lipinski definition) is 6. The average molecular weight is 398 g/mol. The Bertz CT molecular complexity index is 756. The minimum atomic E-state index is -0.188. The molecule has 1 N–H and O–H groups in total. The molecule has 0 bridgehead atoms. The van der Waals surface area contributed by atoms with Crippen LogP contribution in [0.2, 0.25) is 0 Å². The molecule has 0 spiro atoms. The second kappa shape index (κ2) is 10.4. The molecular weight excluding hydrogens is 374 g/mol. The van der Waals surface area contributed by atoms with Gasteiger partial charge < -0.3 is 29.0 Å². The van der Waals surface area contributed by atoms with Gasteiger partial charge in [-0.25, -0.2) is 0 Å². The zero-order valence-corrected chi connectivity index (χ0v) is 16.8. The van der Waals surface area contributed by atoms with Crippen molar-refractivity contribution in [2.45, 2.75) is 6.42 Å². The highest BCUT2D eigenvalue weighted by Crippen LogP contribution is 2.38. The van der Waals surface area contributed by atoms with E-state index in [9.17, 15) is 4.79 Å². The number of hydrogen-bond donors (Lipinski definition) is 1. The molecule has 0 aliphatic rings. The third-order valence-corrected chi connectivity index (χ3v) is 3.76. The molecule has 148 valence electrons. The van der Waals surface area contributed by atoms with Gasteiger partial charge in [-0.1, -0.05) is 0 Å². The Balaban J connectivity index is 0.00000364. The van der Waals surface area contributed by atoms with E-state index in [2.05, 4.69) is 5.32 Å². The van der Waals surface area contributed by atoms with Crippen LogP contribution in [0, 0.1) is 0 Å². The Morgan fingerprint density at radius 3 is 1.81 bits per heavy atom. The van der Waals surface area contributed by atoms with Crippen molar-refractivity contribution in [1.82, 2.24) is 0 Å². The number of amides is 1. The highest BCUT2D eigenvalue weighted by molar-refractivity contribution is 5.92. The lowest BCUT2D eigenvalue weighted by molar-refractivity contribution is -0.115. The lowest BCUT2D eigenvalue weighted by Gasteiger charge is -2.14. The fraction of sp³-hybridized carbons (Fsp3) is 0.316. The summed E-state index contributed by atoms with van der Waals surface area (Å²) < 4.78 is 26.3. The van der Waals surface area contributed by atoms with E-state index in [0.29, 0.717) is 34.4 Å².